The van der Waals surface area contributed by atoms with E-state index in [0.29, 0.717) is 34.4 Å². The summed E-state index contributed by atoms with van der Waals surface area (Å²) in [7, 11) is 0. The Kier molecular flexibility index (Phi) is 6.46. The largest absolute Gasteiger partial charge is 0.490 e. The standard InChI is InChI=1S/C18H20ClNO4/c1-3-23-17-8-13(10-21)5-7-16(17)24-11-18(22)20-14-6-4-12(2)15(19)9-14/h4-9,21H,3,10-11H2,1-2H3,(H,20,22). The van der Waals surface area contributed by atoms with Gasteiger partial charge in [-0.2, -0.15) is 0 Å². The maximum Gasteiger partial charge on any atom is 0.262 e. The van der Waals surface area contributed by atoms with Crippen LogP contribution in [-0.2, 0) is 11.4 Å². The van der Waals surface area contributed by atoms with Crippen LogP contribution in [0, 0.1) is 6.92 Å². The molecule has 1 amide bonds. The van der Waals surface area contributed by atoms with Gasteiger partial charge in [-0.15, -0.1) is 0 Å². The molecule has 0 heterocycles. The first-order valence-electron chi connectivity index (χ1n) is 7.59. The lowest BCUT2D eigenvalue weighted by molar-refractivity contribution is -0.118. The molecule has 0 spiro atoms. The van der Waals surface area contributed by atoms with Crippen molar-refractivity contribution in [1.29, 1.82) is 0 Å². The fraction of sp³-hybridized carbons (Fsp3) is 0.278. The molecule has 2 N–H and O–H groups in total. The molecule has 0 aromatic heterocycles. The first-order chi connectivity index (χ1) is 11.5. The molecule has 0 aliphatic rings. The van der Waals surface area contributed by atoms with Crippen LogP contribution in [0.3, 0.4) is 0 Å². The van der Waals surface area contributed by atoms with E-state index in [-0.39, 0.29) is 19.1 Å². The normalized spacial score (nSPS) is 10.3. The molecule has 0 aliphatic carbocycles. The van der Waals surface area contributed by atoms with E-state index in [1.54, 1.807) is 30.3 Å². The van der Waals surface area contributed by atoms with E-state index in [1.807, 2.05) is 19.9 Å². The van der Waals surface area contributed by atoms with E-state index in [9.17, 15) is 9.90 Å². The molecule has 0 bridgehead atoms. The van der Waals surface area contributed by atoms with Crippen molar-refractivity contribution >= 4 is 23.2 Å². The number of benzene rings is 2. The molecule has 0 aliphatic heterocycles. The Morgan fingerprint density at radius 2 is 1.96 bits per heavy atom. The lowest BCUT2D eigenvalue weighted by Crippen LogP contribution is -2.20. The molecule has 2 rings (SSSR count). The van der Waals surface area contributed by atoms with E-state index in [4.69, 9.17) is 21.1 Å². The molecule has 5 nitrogen and oxygen atoms in total. The summed E-state index contributed by atoms with van der Waals surface area (Å²) >= 11 is 6.03. The van der Waals surface area contributed by atoms with Gasteiger partial charge in [-0.25, -0.2) is 0 Å². The van der Waals surface area contributed by atoms with Crippen molar-refractivity contribution in [1.82, 2.24) is 0 Å². The van der Waals surface area contributed by atoms with E-state index >= 15 is 0 Å². The topological polar surface area (TPSA) is 67.8 Å². The third kappa shape index (κ3) is 4.88. The number of nitrogens with one attached hydrogen (secondary N) is 1. The molecule has 6 heteroatoms. The van der Waals surface area contributed by atoms with Crippen LogP contribution < -0.4 is 14.8 Å². The Bertz CT molecular complexity index is 718. The third-order valence-electron chi connectivity index (χ3n) is 3.30. The highest BCUT2D eigenvalue weighted by atomic mass is 35.5. The van der Waals surface area contributed by atoms with Gasteiger partial charge in [0.25, 0.3) is 5.91 Å². The number of amides is 1. The Morgan fingerprint density at radius 1 is 1.17 bits per heavy atom. The van der Waals surface area contributed by atoms with Crippen molar-refractivity contribution in [3.8, 4) is 11.5 Å². The number of aryl methyl sites for hydroxylation is 1. The van der Waals surface area contributed by atoms with Crippen molar-refractivity contribution in [2.45, 2.75) is 20.5 Å². The van der Waals surface area contributed by atoms with Crippen molar-refractivity contribution in [2.75, 3.05) is 18.5 Å². The fourth-order valence-corrected chi connectivity index (χ4v) is 2.23. The molecule has 2 aromatic rings. The lowest BCUT2D eigenvalue weighted by Gasteiger charge is -2.13. The molecule has 24 heavy (non-hydrogen) atoms. The minimum atomic E-state index is -0.302. The summed E-state index contributed by atoms with van der Waals surface area (Å²) in [5, 5.41) is 12.5. The van der Waals surface area contributed by atoms with Crippen LogP contribution in [-0.4, -0.2) is 24.2 Å². The number of halogens is 1. The zero-order valence-corrected chi connectivity index (χ0v) is 14.4. The van der Waals surface area contributed by atoms with Crippen molar-refractivity contribution < 1.29 is 19.4 Å². The van der Waals surface area contributed by atoms with E-state index < -0.39 is 0 Å². The van der Waals surface area contributed by atoms with Crippen molar-refractivity contribution in [3.63, 3.8) is 0 Å². The minimum Gasteiger partial charge on any atom is -0.490 e. The molecule has 0 saturated heterocycles. The van der Waals surface area contributed by atoms with E-state index in [1.165, 1.54) is 0 Å². The molecular weight excluding hydrogens is 330 g/mol. The van der Waals surface area contributed by atoms with Gasteiger partial charge < -0.3 is 19.9 Å². The number of ether oxygens (including phenoxy) is 2. The van der Waals surface area contributed by atoms with E-state index in [2.05, 4.69) is 5.32 Å². The minimum absolute atomic E-state index is 0.0883. The highest BCUT2D eigenvalue weighted by Crippen LogP contribution is 2.28. The van der Waals surface area contributed by atoms with Crippen LogP contribution in [0.2, 0.25) is 5.02 Å². The Balaban J connectivity index is 1.99. The van der Waals surface area contributed by atoms with Gasteiger partial charge in [0.05, 0.1) is 13.2 Å². The van der Waals surface area contributed by atoms with Crippen LogP contribution >= 0.6 is 11.6 Å². The molecule has 0 radical (unpaired) electrons. The summed E-state index contributed by atoms with van der Waals surface area (Å²) in [6.45, 7) is 3.95. The number of aliphatic hydroxyl groups excluding tert-OH is 1. The summed E-state index contributed by atoms with van der Waals surface area (Å²) in [5.74, 6) is 0.643. The summed E-state index contributed by atoms with van der Waals surface area (Å²) in [5.41, 5.74) is 2.26. The Morgan fingerprint density at radius 3 is 2.62 bits per heavy atom. The summed E-state index contributed by atoms with van der Waals surface area (Å²) in [6, 6.07) is 10.4. The molecule has 0 saturated carbocycles. The summed E-state index contributed by atoms with van der Waals surface area (Å²) in [4.78, 5) is 12.0. The van der Waals surface area contributed by atoms with E-state index in [0.717, 1.165) is 5.56 Å². The van der Waals surface area contributed by atoms with Crippen LogP contribution in [0.4, 0.5) is 5.69 Å². The van der Waals surface area contributed by atoms with Crippen molar-refractivity contribution in [3.05, 3.63) is 52.5 Å². The number of carbonyl (C=O) groups is 1. The maximum absolute atomic E-state index is 12.0. The predicted molar refractivity (Wildman–Crippen MR) is 93.8 cm³/mol. The first kappa shape index (κ1) is 18.1. The first-order valence-corrected chi connectivity index (χ1v) is 7.96. The molecule has 0 fully saturated rings. The van der Waals surface area contributed by atoms with Gasteiger partial charge in [-0.3, -0.25) is 4.79 Å². The average Bonchev–Trinajstić information content (AvgIpc) is 2.57. The SMILES string of the molecule is CCOc1cc(CO)ccc1OCC(=O)Nc1ccc(C)c(Cl)c1. The van der Waals surface area contributed by atoms with Gasteiger partial charge in [0.15, 0.2) is 18.1 Å². The van der Waals surface area contributed by atoms with Gasteiger partial charge >= 0.3 is 0 Å². The molecular formula is C18H20ClNO4. The van der Waals surface area contributed by atoms with Crippen LogP contribution in [0.1, 0.15) is 18.1 Å². The second-order valence-corrected chi connectivity index (χ2v) is 5.58. The lowest BCUT2D eigenvalue weighted by atomic mass is 10.2. The molecule has 0 atom stereocenters. The highest BCUT2D eigenvalue weighted by molar-refractivity contribution is 6.31. The number of rotatable bonds is 7. The zero-order valence-electron chi connectivity index (χ0n) is 13.6. The van der Waals surface area contributed by atoms with Gasteiger partial charge in [-0.05, 0) is 49.2 Å². The van der Waals surface area contributed by atoms with Gasteiger partial charge in [0.2, 0.25) is 0 Å². The van der Waals surface area contributed by atoms with Gasteiger partial charge in [0, 0.05) is 10.7 Å². The number of hydrogen-bond donors (Lipinski definition) is 2. The number of anilines is 1. The number of aliphatic hydroxyl groups is 1. The second-order valence-electron chi connectivity index (χ2n) is 5.17. The highest BCUT2D eigenvalue weighted by Gasteiger charge is 2.10. The Hall–Kier alpha value is -2.24. The Labute approximate surface area is 146 Å². The molecule has 2 aromatic carbocycles. The smallest absolute Gasteiger partial charge is 0.262 e. The van der Waals surface area contributed by atoms with Crippen LogP contribution in [0.5, 0.6) is 11.5 Å². The quantitative estimate of drug-likeness (QED) is 0.802. The van der Waals surface area contributed by atoms with Crippen molar-refractivity contribution in [2.24, 2.45) is 0 Å². The van der Waals surface area contributed by atoms with Gasteiger partial charge in [-0.1, -0.05) is 23.7 Å². The predicted octanol–water partition coefficient (Wildman–Crippen LogP) is 3.56. The number of hydrogen-bond acceptors (Lipinski definition) is 4. The fourth-order valence-electron chi connectivity index (χ4n) is 2.05. The maximum atomic E-state index is 12.0. The van der Waals surface area contributed by atoms with Crippen LogP contribution in [0.25, 0.3) is 0 Å². The van der Waals surface area contributed by atoms with Crippen LogP contribution in [0.15, 0.2) is 36.4 Å². The molecule has 128 valence electrons. The molecule has 0 unspecified atom stereocenters. The number of carbonyl (C=O) groups excluding carboxylic acids is 1. The summed E-state index contributed by atoms with van der Waals surface area (Å²) in [6.07, 6.45) is 0. The zero-order chi connectivity index (χ0) is 17.5. The monoisotopic (exact) mass is 349 g/mol. The second kappa shape index (κ2) is 8.57. The average molecular weight is 350 g/mol. The third-order valence-corrected chi connectivity index (χ3v) is 3.71. The summed E-state index contributed by atoms with van der Waals surface area (Å²) < 4.78 is 11.0. The van der Waals surface area contributed by atoms with Gasteiger partial charge in [0.1, 0.15) is 0 Å².